The van der Waals surface area contributed by atoms with E-state index in [1.165, 1.54) is 6.07 Å². The molecule has 0 amide bonds. The van der Waals surface area contributed by atoms with Crippen molar-refractivity contribution in [2.75, 3.05) is 5.32 Å². The number of pyridine rings is 1. The molecule has 0 saturated heterocycles. The number of nitrogens with zero attached hydrogens (tertiary/aromatic N) is 1. The fourth-order valence-electron chi connectivity index (χ4n) is 1.16. The van der Waals surface area contributed by atoms with Crippen molar-refractivity contribution < 1.29 is 4.39 Å². The molecule has 2 rings (SSSR count). The highest BCUT2D eigenvalue weighted by Crippen LogP contribution is 2.15. The molecule has 0 bridgehead atoms. The molecule has 0 aliphatic heterocycles. The Morgan fingerprint density at radius 3 is 2.47 bits per heavy atom. The molecule has 15 heavy (non-hydrogen) atoms. The van der Waals surface area contributed by atoms with Crippen LogP contribution < -0.4 is 5.32 Å². The van der Waals surface area contributed by atoms with E-state index in [1.807, 2.05) is 24.3 Å². The van der Waals surface area contributed by atoms with Gasteiger partial charge in [-0.25, -0.2) is 4.98 Å². The van der Waals surface area contributed by atoms with Crippen LogP contribution in [0.5, 0.6) is 0 Å². The first-order valence-corrected chi connectivity index (χ1v) is 5.47. The van der Waals surface area contributed by atoms with E-state index in [-0.39, 0.29) is 0 Å². The van der Waals surface area contributed by atoms with Crippen molar-refractivity contribution in [1.82, 2.24) is 4.98 Å². The normalized spacial score (nSPS) is 10.0. The Bertz CT molecular complexity index is 456. The minimum Gasteiger partial charge on any atom is -0.340 e. The number of rotatable bonds is 2. The maximum Gasteiger partial charge on any atom is 0.214 e. The minimum atomic E-state index is -0.481. The highest BCUT2D eigenvalue weighted by molar-refractivity contribution is 14.1. The van der Waals surface area contributed by atoms with Gasteiger partial charge >= 0.3 is 0 Å². The lowest BCUT2D eigenvalue weighted by atomic mass is 10.3. The summed E-state index contributed by atoms with van der Waals surface area (Å²) in [7, 11) is 0. The Labute approximate surface area is 101 Å². The molecule has 1 heterocycles. The molecule has 4 heteroatoms. The molecular formula is C11H8FIN2. The third kappa shape index (κ3) is 2.89. The highest BCUT2D eigenvalue weighted by Gasteiger charge is 1.97. The highest BCUT2D eigenvalue weighted by atomic mass is 127. The predicted molar refractivity (Wildman–Crippen MR) is 66.6 cm³/mol. The summed E-state index contributed by atoms with van der Waals surface area (Å²) < 4.78 is 13.9. The largest absolute Gasteiger partial charge is 0.340 e. The molecule has 0 atom stereocenters. The zero-order chi connectivity index (χ0) is 10.7. The Balaban J connectivity index is 2.18. The maximum atomic E-state index is 12.8. The van der Waals surface area contributed by atoms with Gasteiger partial charge < -0.3 is 5.32 Å². The third-order valence-electron chi connectivity index (χ3n) is 1.83. The van der Waals surface area contributed by atoms with E-state index in [2.05, 4.69) is 32.9 Å². The van der Waals surface area contributed by atoms with E-state index in [0.717, 1.165) is 9.26 Å². The van der Waals surface area contributed by atoms with Crippen molar-refractivity contribution in [2.45, 2.75) is 0 Å². The summed E-state index contributed by atoms with van der Waals surface area (Å²) in [6, 6.07) is 12.5. The smallest absolute Gasteiger partial charge is 0.214 e. The van der Waals surface area contributed by atoms with Crippen molar-refractivity contribution in [3.8, 4) is 0 Å². The summed E-state index contributed by atoms with van der Waals surface area (Å²) in [4.78, 5) is 3.71. The van der Waals surface area contributed by atoms with Gasteiger partial charge in [-0.05, 0) is 59.0 Å². The fourth-order valence-corrected chi connectivity index (χ4v) is 1.52. The zero-order valence-corrected chi connectivity index (χ0v) is 9.90. The molecule has 2 aromatic rings. The van der Waals surface area contributed by atoms with Gasteiger partial charge in [-0.2, -0.15) is 4.39 Å². The van der Waals surface area contributed by atoms with E-state index in [4.69, 9.17) is 0 Å². The van der Waals surface area contributed by atoms with Crippen LogP contribution in [0.15, 0.2) is 42.5 Å². The monoisotopic (exact) mass is 314 g/mol. The molecule has 0 unspecified atom stereocenters. The summed E-state index contributed by atoms with van der Waals surface area (Å²) in [6.45, 7) is 0. The van der Waals surface area contributed by atoms with E-state index in [0.29, 0.717) is 5.82 Å². The lowest BCUT2D eigenvalue weighted by molar-refractivity contribution is 0.585. The number of nitrogens with one attached hydrogen (secondary N) is 1. The summed E-state index contributed by atoms with van der Waals surface area (Å²) >= 11 is 2.23. The van der Waals surface area contributed by atoms with Crippen molar-refractivity contribution in [2.24, 2.45) is 0 Å². The third-order valence-corrected chi connectivity index (χ3v) is 2.55. The minimum absolute atomic E-state index is 0.481. The lowest BCUT2D eigenvalue weighted by Gasteiger charge is -2.04. The molecule has 2 nitrogen and oxygen atoms in total. The van der Waals surface area contributed by atoms with Crippen molar-refractivity contribution in [3.05, 3.63) is 52.0 Å². The summed E-state index contributed by atoms with van der Waals surface area (Å²) in [5.41, 5.74) is 0.897. The van der Waals surface area contributed by atoms with E-state index in [9.17, 15) is 4.39 Å². The number of benzene rings is 1. The van der Waals surface area contributed by atoms with Gasteiger partial charge in [0.15, 0.2) is 0 Å². The van der Waals surface area contributed by atoms with E-state index < -0.39 is 5.95 Å². The molecule has 1 aromatic heterocycles. The van der Waals surface area contributed by atoms with Gasteiger partial charge in [-0.3, -0.25) is 0 Å². The number of hydrogen-bond donors (Lipinski definition) is 1. The molecule has 1 N–H and O–H groups in total. The first-order valence-electron chi connectivity index (χ1n) is 4.39. The van der Waals surface area contributed by atoms with Crippen LogP contribution in [-0.4, -0.2) is 4.98 Å². The zero-order valence-electron chi connectivity index (χ0n) is 7.74. The lowest BCUT2D eigenvalue weighted by Crippen LogP contribution is -1.94. The summed E-state index contributed by atoms with van der Waals surface area (Å²) in [6.07, 6.45) is 0. The number of anilines is 2. The standard InChI is InChI=1S/C11H8FIN2/c12-10-2-1-3-11(15-10)14-9-6-4-8(13)5-7-9/h1-7H,(H,14,15). The van der Waals surface area contributed by atoms with Crippen molar-refractivity contribution in [3.63, 3.8) is 0 Å². The second kappa shape index (κ2) is 4.57. The Kier molecular flexibility index (Phi) is 3.15. The maximum absolute atomic E-state index is 12.8. The number of hydrogen-bond acceptors (Lipinski definition) is 2. The van der Waals surface area contributed by atoms with Crippen LogP contribution in [-0.2, 0) is 0 Å². The topological polar surface area (TPSA) is 24.9 Å². The molecule has 1 aromatic carbocycles. The first-order chi connectivity index (χ1) is 7.24. The van der Waals surface area contributed by atoms with Crippen LogP contribution in [0.1, 0.15) is 0 Å². The Morgan fingerprint density at radius 1 is 1.07 bits per heavy atom. The van der Waals surface area contributed by atoms with Gasteiger partial charge in [0.2, 0.25) is 5.95 Å². The molecule has 0 aliphatic rings. The van der Waals surface area contributed by atoms with E-state index in [1.54, 1.807) is 12.1 Å². The van der Waals surface area contributed by atoms with Crippen LogP contribution >= 0.6 is 22.6 Å². The van der Waals surface area contributed by atoms with Gasteiger partial charge in [-0.1, -0.05) is 6.07 Å². The van der Waals surface area contributed by atoms with Crippen molar-refractivity contribution >= 4 is 34.1 Å². The Morgan fingerprint density at radius 2 is 1.80 bits per heavy atom. The fraction of sp³-hybridized carbons (Fsp3) is 0. The van der Waals surface area contributed by atoms with Crippen LogP contribution in [0.25, 0.3) is 0 Å². The second-order valence-electron chi connectivity index (χ2n) is 2.98. The molecule has 0 fully saturated rings. The van der Waals surface area contributed by atoms with Gasteiger partial charge in [0.25, 0.3) is 0 Å². The van der Waals surface area contributed by atoms with E-state index >= 15 is 0 Å². The van der Waals surface area contributed by atoms with Gasteiger partial charge in [0.1, 0.15) is 5.82 Å². The van der Waals surface area contributed by atoms with Gasteiger partial charge in [-0.15, -0.1) is 0 Å². The number of halogens is 2. The van der Waals surface area contributed by atoms with Crippen LogP contribution in [0.4, 0.5) is 15.9 Å². The molecule has 0 radical (unpaired) electrons. The summed E-state index contributed by atoms with van der Waals surface area (Å²) in [5, 5.41) is 3.02. The number of aromatic nitrogens is 1. The predicted octanol–water partition coefficient (Wildman–Crippen LogP) is 3.57. The summed E-state index contributed by atoms with van der Waals surface area (Å²) in [5.74, 6) is 0.0294. The van der Waals surface area contributed by atoms with Crippen molar-refractivity contribution in [1.29, 1.82) is 0 Å². The molecule has 76 valence electrons. The van der Waals surface area contributed by atoms with Crippen LogP contribution in [0.2, 0.25) is 0 Å². The molecule has 0 spiro atoms. The average molecular weight is 314 g/mol. The first kappa shape index (κ1) is 10.4. The molecule has 0 saturated carbocycles. The van der Waals surface area contributed by atoms with Crippen LogP contribution in [0.3, 0.4) is 0 Å². The molecular weight excluding hydrogens is 306 g/mol. The van der Waals surface area contributed by atoms with Gasteiger partial charge in [0, 0.05) is 9.26 Å². The Hall–Kier alpha value is -1.17. The second-order valence-corrected chi connectivity index (χ2v) is 4.22. The SMILES string of the molecule is Fc1cccc(Nc2ccc(I)cc2)n1. The quantitative estimate of drug-likeness (QED) is 0.677. The molecule has 0 aliphatic carbocycles. The van der Waals surface area contributed by atoms with Crippen LogP contribution in [0, 0.1) is 9.52 Å². The average Bonchev–Trinajstić information content (AvgIpc) is 2.22. The van der Waals surface area contributed by atoms with Gasteiger partial charge in [0.05, 0.1) is 0 Å².